The highest BCUT2D eigenvalue weighted by Gasteiger charge is 2.39. The van der Waals surface area contributed by atoms with Gasteiger partial charge in [-0.05, 0) is 25.0 Å². The van der Waals surface area contributed by atoms with Gasteiger partial charge in [0.25, 0.3) is 5.91 Å². The van der Waals surface area contributed by atoms with Crippen molar-refractivity contribution in [1.29, 1.82) is 0 Å². The van der Waals surface area contributed by atoms with Gasteiger partial charge < -0.3 is 33.7 Å². The van der Waals surface area contributed by atoms with Crippen LogP contribution in [0.3, 0.4) is 0 Å². The number of methoxy groups -OCH3 is 1. The van der Waals surface area contributed by atoms with E-state index in [1.165, 1.54) is 16.6 Å². The van der Waals surface area contributed by atoms with Gasteiger partial charge in [0, 0.05) is 38.4 Å². The number of aromatic carboxylic acids is 1. The second-order valence-corrected chi connectivity index (χ2v) is 10.0. The Bertz CT molecular complexity index is 1660. The van der Waals surface area contributed by atoms with Crippen LogP contribution in [0.15, 0.2) is 35.3 Å². The molecule has 6 rings (SSSR count). The van der Waals surface area contributed by atoms with Crippen LogP contribution >= 0.6 is 0 Å². The predicted octanol–water partition coefficient (Wildman–Crippen LogP) is 2.58. The monoisotopic (exact) mass is 568 g/mol. The van der Waals surface area contributed by atoms with Crippen LogP contribution in [0.2, 0.25) is 0 Å². The SMILES string of the molecule is COc1c(N2CCN(C(=O)C3COc4ccccc4O3)CC2)c(F)c([N+](=O)[O-])c2c(=O)c(C(=O)O)cn(C3CC3)c12. The number of anilines is 1. The first-order valence-electron chi connectivity index (χ1n) is 13.0. The molecule has 2 aromatic carbocycles. The summed E-state index contributed by atoms with van der Waals surface area (Å²) < 4.78 is 34.6. The minimum Gasteiger partial charge on any atom is -0.492 e. The Morgan fingerprint density at radius 2 is 1.83 bits per heavy atom. The van der Waals surface area contributed by atoms with Crippen molar-refractivity contribution < 1.29 is 38.2 Å². The Morgan fingerprint density at radius 1 is 1.15 bits per heavy atom. The number of hydrogen-bond acceptors (Lipinski definition) is 9. The van der Waals surface area contributed by atoms with Crippen molar-refractivity contribution in [3.63, 3.8) is 0 Å². The highest BCUT2D eigenvalue weighted by molar-refractivity contribution is 6.02. The molecule has 41 heavy (non-hydrogen) atoms. The van der Waals surface area contributed by atoms with E-state index in [0.29, 0.717) is 24.3 Å². The molecular weight excluding hydrogens is 543 g/mol. The third-order valence-electron chi connectivity index (χ3n) is 7.57. The average molecular weight is 569 g/mol. The molecule has 1 aromatic heterocycles. The molecule has 1 saturated carbocycles. The van der Waals surface area contributed by atoms with Crippen LogP contribution in [0.5, 0.6) is 17.2 Å². The maximum atomic E-state index is 16.1. The summed E-state index contributed by atoms with van der Waals surface area (Å²) in [5.74, 6) is -2.28. The van der Waals surface area contributed by atoms with Crippen molar-refractivity contribution in [2.75, 3.05) is 44.8 Å². The van der Waals surface area contributed by atoms with Gasteiger partial charge >= 0.3 is 11.7 Å². The average Bonchev–Trinajstić information content (AvgIpc) is 3.81. The van der Waals surface area contributed by atoms with E-state index < -0.39 is 44.9 Å². The van der Waals surface area contributed by atoms with Gasteiger partial charge in [-0.25, -0.2) is 4.79 Å². The minimum atomic E-state index is -1.57. The molecule has 214 valence electrons. The number of piperazine rings is 1. The molecule has 0 radical (unpaired) electrons. The molecule has 1 saturated heterocycles. The van der Waals surface area contributed by atoms with E-state index in [1.807, 2.05) is 0 Å². The summed E-state index contributed by atoms with van der Waals surface area (Å²) >= 11 is 0. The number of nitrogens with zero attached hydrogens (tertiary/aromatic N) is 4. The van der Waals surface area contributed by atoms with E-state index in [2.05, 4.69) is 0 Å². The fourth-order valence-corrected chi connectivity index (χ4v) is 5.45. The Labute approximate surface area is 231 Å². The molecule has 1 aliphatic carbocycles. The third kappa shape index (κ3) is 4.35. The standard InChI is InChI=1S/C27H25FN4O9/c1-39-25-22-19(24(33)15(27(35)36)12-31(22)14-6-7-14)21(32(37)38)20(28)23(25)29-8-10-30(11-9-29)26(34)18-13-40-16-4-2-3-5-17(16)41-18/h2-5,12,14,18H,6-11,13H2,1H3,(H,35,36). The Kier molecular flexibility index (Phi) is 6.39. The maximum absolute atomic E-state index is 16.1. The molecule has 1 unspecified atom stereocenters. The number of amides is 1. The molecule has 3 aromatic rings. The lowest BCUT2D eigenvalue weighted by Gasteiger charge is -2.38. The number of halogens is 1. The van der Waals surface area contributed by atoms with Crippen LogP contribution < -0.4 is 24.5 Å². The molecule has 1 atom stereocenters. The predicted molar refractivity (Wildman–Crippen MR) is 142 cm³/mol. The van der Waals surface area contributed by atoms with Crippen molar-refractivity contribution in [3.05, 3.63) is 62.2 Å². The van der Waals surface area contributed by atoms with Crippen LogP contribution in [-0.4, -0.2) is 77.4 Å². The Balaban J connectivity index is 1.36. The minimum absolute atomic E-state index is 0.0296. The zero-order chi connectivity index (χ0) is 29.0. The largest absolute Gasteiger partial charge is 0.492 e. The third-order valence-corrected chi connectivity index (χ3v) is 7.57. The maximum Gasteiger partial charge on any atom is 0.341 e. The zero-order valence-electron chi connectivity index (χ0n) is 21.9. The molecule has 1 amide bonds. The lowest BCUT2D eigenvalue weighted by Crippen LogP contribution is -2.54. The first-order chi connectivity index (χ1) is 19.7. The smallest absolute Gasteiger partial charge is 0.341 e. The number of nitro benzene ring substituents is 1. The number of fused-ring (bicyclic) bond motifs is 2. The number of carbonyl (C=O) groups excluding carboxylic acids is 1. The van der Waals surface area contributed by atoms with Crippen molar-refractivity contribution >= 4 is 34.2 Å². The van der Waals surface area contributed by atoms with Gasteiger partial charge in [-0.3, -0.25) is 19.7 Å². The molecule has 2 fully saturated rings. The molecule has 0 bridgehead atoms. The van der Waals surface area contributed by atoms with Gasteiger partial charge in [0.05, 0.1) is 12.0 Å². The molecule has 13 nitrogen and oxygen atoms in total. The van der Waals surface area contributed by atoms with Crippen LogP contribution in [0, 0.1) is 15.9 Å². The second-order valence-electron chi connectivity index (χ2n) is 10.0. The van der Waals surface area contributed by atoms with Crippen LogP contribution in [0.1, 0.15) is 29.2 Å². The van der Waals surface area contributed by atoms with Gasteiger partial charge in [0.15, 0.2) is 17.2 Å². The molecule has 3 aliphatic rings. The number of carbonyl (C=O) groups is 2. The van der Waals surface area contributed by atoms with E-state index in [9.17, 15) is 29.6 Å². The number of para-hydroxylation sites is 2. The lowest BCUT2D eigenvalue weighted by atomic mass is 10.0. The number of hydrogen-bond donors (Lipinski definition) is 1. The summed E-state index contributed by atoms with van der Waals surface area (Å²) in [6.45, 7) is 0.552. The van der Waals surface area contributed by atoms with Crippen molar-refractivity contribution in [2.45, 2.75) is 25.0 Å². The number of ether oxygens (including phenoxy) is 3. The summed E-state index contributed by atoms with van der Waals surface area (Å²) in [6, 6.07) is 6.78. The number of benzene rings is 2. The summed E-state index contributed by atoms with van der Waals surface area (Å²) in [5.41, 5.74) is -3.21. The summed E-state index contributed by atoms with van der Waals surface area (Å²) in [4.78, 5) is 52.3. The number of carboxylic acids is 1. The molecule has 3 heterocycles. The summed E-state index contributed by atoms with van der Waals surface area (Å²) in [5, 5.41) is 21.1. The highest BCUT2D eigenvalue weighted by atomic mass is 19.1. The number of aromatic nitrogens is 1. The van der Waals surface area contributed by atoms with Gasteiger partial charge in [-0.2, -0.15) is 4.39 Å². The van der Waals surface area contributed by atoms with Gasteiger partial charge in [0.2, 0.25) is 17.3 Å². The lowest BCUT2D eigenvalue weighted by molar-refractivity contribution is -0.385. The van der Waals surface area contributed by atoms with Gasteiger partial charge in [-0.15, -0.1) is 0 Å². The molecule has 1 N–H and O–H groups in total. The number of nitro groups is 1. The van der Waals surface area contributed by atoms with E-state index in [4.69, 9.17) is 14.2 Å². The van der Waals surface area contributed by atoms with Crippen molar-refractivity contribution in [1.82, 2.24) is 9.47 Å². The van der Waals surface area contributed by atoms with Crippen LogP contribution in [0.25, 0.3) is 10.9 Å². The molecule has 2 aliphatic heterocycles. The summed E-state index contributed by atoms with van der Waals surface area (Å²) in [6.07, 6.45) is 1.58. The fourth-order valence-electron chi connectivity index (χ4n) is 5.45. The number of pyridine rings is 1. The van der Waals surface area contributed by atoms with Gasteiger partial charge in [-0.1, -0.05) is 12.1 Å². The van der Waals surface area contributed by atoms with E-state index in [-0.39, 0.29) is 61.7 Å². The first-order valence-corrected chi connectivity index (χ1v) is 13.0. The molecule has 0 spiro atoms. The van der Waals surface area contributed by atoms with Crippen molar-refractivity contribution in [2.24, 2.45) is 0 Å². The second kappa shape index (κ2) is 9.94. The van der Waals surface area contributed by atoms with Gasteiger partial charge in [0.1, 0.15) is 28.8 Å². The summed E-state index contributed by atoms with van der Waals surface area (Å²) in [7, 11) is 1.26. The number of rotatable bonds is 6. The zero-order valence-corrected chi connectivity index (χ0v) is 21.9. The van der Waals surface area contributed by atoms with Crippen LogP contribution in [0.4, 0.5) is 15.8 Å². The van der Waals surface area contributed by atoms with E-state index in [1.54, 1.807) is 29.2 Å². The molecular formula is C27H25FN4O9. The highest BCUT2D eigenvalue weighted by Crippen LogP contribution is 2.47. The Morgan fingerprint density at radius 3 is 2.44 bits per heavy atom. The number of carboxylic acid groups (broad SMARTS) is 1. The first kappa shape index (κ1) is 26.3. The quantitative estimate of drug-likeness (QED) is 0.347. The van der Waals surface area contributed by atoms with E-state index >= 15 is 4.39 Å². The fraction of sp³-hybridized carbons (Fsp3) is 0.370. The van der Waals surface area contributed by atoms with Crippen molar-refractivity contribution in [3.8, 4) is 17.2 Å². The van der Waals surface area contributed by atoms with E-state index in [0.717, 1.165) is 6.20 Å². The van der Waals surface area contributed by atoms with Crippen LogP contribution in [-0.2, 0) is 4.79 Å². The molecule has 14 heteroatoms. The normalized spacial score (nSPS) is 18.3. The Hall–Kier alpha value is -4.88. The topological polar surface area (TPSA) is 154 Å².